The molecule has 9 nitrogen and oxygen atoms in total. The first-order valence-electron chi connectivity index (χ1n) is 7.76. The normalized spacial score (nSPS) is 11.4. The van der Waals surface area contributed by atoms with Crippen LogP contribution >= 0.6 is 11.8 Å². The molecular formula is C16H13F2N5O4S. The van der Waals surface area contributed by atoms with E-state index in [1.54, 1.807) is 24.5 Å². The molecule has 2 aromatic heterocycles. The fourth-order valence-corrected chi connectivity index (χ4v) is 2.62. The maximum atomic E-state index is 13.0. The van der Waals surface area contributed by atoms with Crippen molar-refractivity contribution < 1.29 is 22.9 Å². The van der Waals surface area contributed by atoms with Gasteiger partial charge in [0.15, 0.2) is 5.75 Å². The molecule has 0 N–H and O–H groups in total. The number of furan rings is 1. The van der Waals surface area contributed by atoms with Gasteiger partial charge >= 0.3 is 5.69 Å². The lowest BCUT2D eigenvalue weighted by molar-refractivity contribution is -0.386. The van der Waals surface area contributed by atoms with Gasteiger partial charge in [0.2, 0.25) is 11.0 Å². The summed E-state index contributed by atoms with van der Waals surface area (Å²) in [6.07, 6.45) is 0.0765. The van der Waals surface area contributed by atoms with Gasteiger partial charge in [-0.15, -0.1) is 10.2 Å². The molecule has 12 heteroatoms. The molecule has 0 fully saturated rings. The minimum Gasteiger partial charge on any atom is -0.479 e. The van der Waals surface area contributed by atoms with Gasteiger partial charge in [-0.1, -0.05) is 23.9 Å². The maximum absolute atomic E-state index is 13.0. The zero-order valence-electron chi connectivity index (χ0n) is 14.4. The van der Waals surface area contributed by atoms with E-state index in [-0.39, 0.29) is 29.0 Å². The molecule has 1 aromatic carbocycles. The lowest BCUT2D eigenvalue weighted by atomic mass is 10.3. The van der Waals surface area contributed by atoms with Crippen LogP contribution in [0.4, 0.5) is 14.5 Å². The molecule has 146 valence electrons. The van der Waals surface area contributed by atoms with E-state index in [0.29, 0.717) is 5.76 Å². The van der Waals surface area contributed by atoms with Gasteiger partial charge in [-0.25, -0.2) is 8.78 Å². The molecule has 3 aromatic rings. The third-order valence-corrected chi connectivity index (χ3v) is 4.05. The molecule has 0 saturated carbocycles. The first-order valence-corrected chi connectivity index (χ1v) is 8.98. The van der Waals surface area contributed by atoms with Crippen LogP contribution in [-0.2, 0) is 6.61 Å². The molecule has 0 aliphatic rings. The quantitative estimate of drug-likeness (QED) is 0.240. The first-order chi connectivity index (χ1) is 13.5. The van der Waals surface area contributed by atoms with Crippen LogP contribution in [0.15, 0.2) is 51.1 Å². The number of hydrogen-bond donors (Lipinski definition) is 0. The highest BCUT2D eigenvalue weighted by molar-refractivity contribution is 7.98. The average Bonchev–Trinajstić information content (AvgIpc) is 3.31. The number of hydrogen-bond acceptors (Lipinski definition) is 8. The Balaban J connectivity index is 1.71. The smallest absolute Gasteiger partial charge is 0.310 e. The molecule has 0 atom stereocenters. The van der Waals surface area contributed by atoms with E-state index >= 15 is 0 Å². The van der Waals surface area contributed by atoms with E-state index in [0.717, 1.165) is 16.4 Å². The summed E-state index contributed by atoms with van der Waals surface area (Å²) < 4.78 is 37.8. The monoisotopic (exact) mass is 409 g/mol. The van der Waals surface area contributed by atoms with Crippen molar-refractivity contribution in [3.63, 3.8) is 0 Å². The van der Waals surface area contributed by atoms with Gasteiger partial charge in [0.25, 0.3) is 6.43 Å². The maximum Gasteiger partial charge on any atom is 0.310 e. The van der Waals surface area contributed by atoms with Crippen LogP contribution in [0.1, 0.15) is 23.8 Å². The van der Waals surface area contributed by atoms with Crippen molar-refractivity contribution in [3.05, 3.63) is 63.9 Å². The van der Waals surface area contributed by atoms with Crippen LogP contribution < -0.4 is 4.74 Å². The summed E-state index contributed by atoms with van der Waals surface area (Å²) in [6.45, 7) is -0.0519. The number of benzene rings is 1. The predicted octanol–water partition coefficient (Wildman–Crippen LogP) is 3.90. The van der Waals surface area contributed by atoms with Crippen LogP contribution in [-0.4, -0.2) is 32.3 Å². The summed E-state index contributed by atoms with van der Waals surface area (Å²) in [5.41, 5.74) is -0.160. The number of para-hydroxylation sites is 2. The van der Waals surface area contributed by atoms with Gasteiger partial charge in [0, 0.05) is 6.07 Å². The van der Waals surface area contributed by atoms with Gasteiger partial charge in [-0.2, -0.15) is 9.78 Å². The number of ether oxygens (including phenoxy) is 1. The zero-order valence-corrected chi connectivity index (χ0v) is 15.2. The van der Waals surface area contributed by atoms with Crippen molar-refractivity contribution in [2.24, 2.45) is 5.10 Å². The Hall–Kier alpha value is -3.28. The Morgan fingerprint density at radius 2 is 2.14 bits per heavy atom. The Labute approximate surface area is 161 Å². The molecule has 0 bridgehead atoms. The standard InChI is InChI=1S/C16H13F2N5O4S/c1-28-16-21-20-15(14(17)18)22(16)19-8-10-6-7-11(27-10)9-26-13-5-3-2-4-12(13)23(24)25/h2-8,14H,9H2,1H3/b19-8+. The molecular weight excluding hydrogens is 396 g/mol. The molecule has 3 rings (SSSR count). The molecule has 0 amide bonds. The fourth-order valence-electron chi connectivity index (χ4n) is 2.18. The number of halogens is 2. The van der Waals surface area contributed by atoms with E-state index in [1.807, 2.05) is 0 Å². The SMILES string of the molecule is CSc1nnc(C(F)F)n1/N=C/c1ccc(COc2ccccc2[N+](=O)[O-])o1. The molecule has 0 unspecified atom stereocenters. The van der Waals surface area contributed by atoms with E-state index in [9.17, 15) is 18.9 Å². The largest absolute Gasteiger partial charge is 0.479 e. The summed E-state index contributed by atoms with van der Waals surface area (Å²) >= 11 is 1.12. The first kappa shape index (κ1) is 19.5. The predicted molar refractivity (Wildman–Crippen MR) is 95.9 cm³/mol. The molecule has 0 aliphatic heterocycles. The number of rotatable bonds is 8. The highest BCUT2D eigenvalue weighted by Gasteiger charge is 2.19. The van der Waals surface area contributed by atoms with E-state index in [4.69, 9.17) is 9.15 Å². The molecule has 0 spiro atoms. The Morgan fingerprint density at radius 1 is 1.36 bits per heavy atom. The van der Waals surface area contributed by atoms with E-state index in [1.165, 1.54) is 24.4 Å². The van der Waals surface area contributed by atoms with Crippen molar-refractivity contribution in [2.45, 2.75) is 18.2 Å². The van der Waals surface area contributed by atoms with Crippen molar-refractivity contribution in [2.75, 3.05) is 6.26 Å². The second-order valence-corrected chi connectivity index (χ2v) is 5.99. The van der Waals surface area contributed by atoms with Gasteiger partial charge < -0.3 is 9.15 Å². The minimum atomic E-state index is -2.83. The average molecular weight is 409 g/mol. The Kier molecular flexibility index (Phi) is 5.99. The third-order valence-electron chi connectivity index (χ3n) is 3.43. The number of thioether (sulfide) groups is 1. The Bertz CT molecular complexity index is 1000. The minimum absolute atomic E-state index is 0.0519. The van der Waals surface area contributed by atoms with Crippen molar-refractivity contribution in [1.82, 2.24) is 14.9 Å². The van der Waals surface area contributed by atoms with Crippen molar-refractivity contribution in [1.29, 1.82) is 0 Å². The Morgan fingerprint density at radius 3 is 2.86 bits per heavy atom. The second kappa shape index (κ2) is 8.61. The van der Waals surface area contributed by atoms with Crippen LogP contribution in [0.25, 0.3) is 0 Å². The topological polar surface area (TPSA) is 109 Å². The fraction of sp³-hybridized carbons (Fsp3) is 0.188. The number of nitrogens with zero attached hydrogens (tertiary/aromatic N) is 5. The summed E-state index contributed by atoms with van der Waals surface area (Å²) in [4.78, 5) is 10.4. The van der Waals surface area contributed by atoms with Gasteiger partial charge in [0.05, 0.1) is 11.1 Å². The van der Waals surface area contributed by atoms with Crippen LogP contribution in [0.3, 0.4) is 0 Å². The zero-order chi connectivity index (χ0) is 20.1. The van der Waals surface area contributed by atoms with Gasteiger partial charge in [0.1, 0.15) is 18.1 Å². The number of nitro groups is 1. The van der Waals surface area contributed by atoms with Crippen LogP contribution in [0.2, 0.25) is 0 Å². The van der Waals surface area contributed by atoms with E-state index < -0.39 is 17.2 Å². The number of nitro benzene ring substituents is 1. The highest BCUT2D eigenvalue weighted by Crippen LogP contribution is 2.27. The van der Waals surface area contributed by atoms with Crippen molar-refractivity contribution >= 4 is 23.7 Å². The third kappa shape index (κ3) is 4.34. The van der Waals surface area contributed by atoms with Crippen LogP contribution in [0.5, 0.6) is 5.75 Å². The highest BCUT2D eigenvalue weighted by atomic mass is 32.2. The molecule has 0 saturated heterocycles. The molecule has 0 aliphatic carbocycles. The van der Waals surface area contributed by atoms with Crippen LogP contribution in [0, 0.1) is 10.1 Å². The number of alkyl halides is 2. The molecule has 28 heavy (non-hydrogen) atoms. The second-order valence-electron chi connectivity index (χ2n) is 5.22. The molecule has 0 radical (unpaired) electrons. The summed E-state index contributed by atoms with van der Waals surface area (Å²) in [6, 6.07) is 9.11. The summed E-state index contributed by atoms with van der Waals surface area (Å²) in [5, 5.41) is 22.2. The lowest BCUT2D eigenvalue weighted by Crippen LogP contribution is -2.00. The lowest BCUT2D eigenvalue weighted by Gasteiger charge is -2.04. The van der Waals surface area contributed by atoms with Crippen molar-refractivity contribution in [3.8, 4) is 5.75 Å². The number of aromatic nitrogens is 3. The summed E-state index contributed by atoms with van der Waals surface area (Å²) in [7, 11) is 0. The summed E-state index contributed by atoms with van der Waals surface area (Å²) in [5.74, 6) is 0.187. The molecule has 2 heterocycles. The van der Waals surface area contributed by atoms with Gasteiger partial charge in [-0.3, -0.25) is 10.1 Å². The van der Waals surface area contributed by atoms with E-state index in [2.05, 4.69) is 15.3 Å². The van der Waals surface area contributed by atoms with Gasteiger partial charge in [-0.05, 0) is 24.5 Å².